The number of hydrogen-bond acceptors (Lipinski definition) is 2. The molecule has 1 aliphatic heterocycles. The first-order chi connectivity index (χ1) is 13.0. The van der Waals surface area contributed by atoms with E-state index < -0.39 is 0 Å². The Kier molecular flexibility index (Phi) is 6.35. The first-order valence-corrected chi connectivity index (χ1v) is 9.57. The van der Waals surface area contributed by atoms with Gasteiger partial charge in [-0.1, -0.05) is 35.9 Å². The van der Waals surface area contributed by atoms with Crippen LogP contribution >= 0.6 is 11.6 Å². The lowest BCUT2D eigenvalue weighted by atomic mass is 10.0. The van der Waals surface area contributed by atoms with Crippen LogP contribution in [0, 0.1) is 0 Å². The molecule has 2 aromatic carbocycles. The van der Waals surface area contributed by atoms with Crippen molar-refractivity contribution in [3.05, 3.63) is 64.7 Å². The third-order valence-corrected chi connectivity index (χ3v) is 5.05. The largest absolute Gasteiger partial charge is 0.336 e. The summed E-state index contributed by atoms with van der Waals surface area (Å²) in [6.45, 7) is 3.14. The number of urea groups is 1. The smallest absolute Gasteiger partial charge is 0.319 e. The highest BCUT2D eigenvalue weighted by Crippen LogP contribution is 2.21. The second-order valence-corrected chi connectivity index (χ2v) is 7.33. The van der Waals surface area contributed by atoms with Gasteiger partial charge >= 0.3 is 6.03 Å². The molecule has 0 aromatic heterocycles. The molecule has 1 heterocycles. The van der Waals surface area contributed by atoms with Crippen LogP contribution < -0.4 is 10.6 Å². The zero-order valence-corrected chi connectivity index (χ0v) is 16.1. The molecule has 3 rings (SSSR count). The molecule has 1 unspecified atom stereocenters. The number of hydrogen-bond donors (Lipinski definition) is 2. The van der Waals surface area contributed by atoms with Gasteiger partial charge in [0, 0.05) is 36.3 Å². The highest BCUT2D eigenvalue weighted by atomic mass is 35.5. The summed E-state index contributed by atoms with van der Waals surface area (Å²) in [5.74, 6) is 0.220. The van der Waals surface area contributed by atoms with E-state index in [9.17, 15) is 9.59 Å². The number of benzene rings is 2. The Hall–Kier alpha value is -2.53. The minimum atomic E-state index is -0.266. The number of nitrogens with one attached hydrogen (secondary N) is 2. The number of rotatable bonds is 5. The van der Waals surface area contributed by atoms with E-state index in [2.05, 4.69) is 17.6 Å². The number of halogens is 1. The Balaban J connectivity index is 1.50. The summed E-state index contributed by atoms with van der Waals surface area (Å²) in [5.41, 5.74) is 2.75. The van der Waals surface area contributed by atoms with Crippen molar-refractivity contribution in [3.8, 4) is 0 Å². The van der Waals surface area contributed by atoms with Gasteiger partial charge in [0.25, 0.3) is 0 Å². The normalized spacial score (nSPS) is 16.9. The number of likely N-dealkylation sites (tertiary alicyclic amines) is 1. The monoisotopic (exact) mass is 385 g/mol. The zero-order valence-electron chi connectivity index (χ0n) is 15.4. The van der Waals surface area contributed by atoms with Crippen LogP contribution in [0.4, 0.5) is 10.5 Å². The Morgan fingerprint density at radius 3 is 2.44 bits per heavy atom. The lowest BCUT2D eigenvalue weighted by Crippen LogP contribution is -2.41. The fraction of sp³-hybridized carbons (Fsp3) is 0.333. The molecule has 0 saturated carbocycles. The van der Waals surface area contributed by atoms with Crippen molar-refractivity contribution in [2.24, 2.45) is 0 Å². The van der Waals surface area contributed by atoms with E-state index in [0.29, 0.717) is 30.2 Å². The van der Waals surface area contributed by atoms with Crippen molar-refractivity contribution in [3.63, 3.8) is 0 Å². The predicted octanol–water partition coefficient (Wildman–Crippen LogP) is 4.56. The van der Waals surface area contributed by atoms with Crippen LogP contribution in [0.2, 0.25) is 5.02 Å². The minimum Gasteiger partial charge on any atom is -0.336 e. The van der Waals surface area contributed by atoms with E-state index in [0.717, 1.165) is 24.0 Å². The molecule has 142 valence electrons. The Labute approximate surface area is 164 Å². The van der Waals surface area contributed by atoms with Gasteiger partial charge in [0.15, 0.2) is 0 Å². The van der Waals surface area contributed by atoms with Gasteiger partial charge in [0.1, 0.15) is 0 Å². The van der Waals surface area contributed by atoms with Crippen LogP contribution in [-0.4, -0.2) is 22.9 Å². The van der Waals surface area contributed by atoms with Gasteiger partial charge < -0.3 is 15.5 Å². The van der Waals surface area contributed by atoms with Crippen molar-refractivity contribution < 1.29 is 9.59 Å². The van der Waals surface area contributed by atoms with Crippen molar-refractivity contribution in [2.75, 3.05) is 5.32 Å². The van der Waals surface area contributed by atoms with Crippen molar-refractivity contribution >= 4 is 29.2 Å². The minimum absolute atomic E-state index is 0.220. The van der Waals surface area contributed by atoms with E-state index in [1.54, 1.807) is 12.1 Å². The first-order valence-electron chi connectivity index (χ1n) is 9.19. The predicted molar refractivity (Wildman–Crippen MR) is 108 cm³/mol. The summed E-state index contributed by atoms with van der Waals surface area (Å²) >= 11 is 5.85. The molecule has 1 fully saturated rings. The fourth-order valence-electron chi connectivity index (χ4n) is 3.19. The third kappa shape index (κ3) is 5.47. The topological polar surface area (TPSA) is 61.4 Å². The van der Waals surface area contributed by atoms with Gasteiger partial charge in [-0.2, -0.15) is 0 Å². The van der Waals surface area contributed by atoms with Gasteiger partial charge in [-0.25, -0.2) is 4.79 Å². The van der Waals surface area contributed by atoms with Crippen LogP contribution in [-0.2, 0) is 17.9 Å². The van der Waals surface area contributed by atoms with E-state index in [4.69, 9.17) is 11.6 Å². The molecule has 0 radical (unpaired) electrons. The standard InChI is InChI=1S/C21H24ClN3O2/c1-15-3-2-4-20(26)25(15)14-17-7-11-19(12-8-17)24-21(27)23-13-16-5-9-18(22)10-6-16/h5-12,15H,2-4,13-14H2,1H3,(H2,23,24,27). The van der Waals surface area contributed by atoms with E-state index in [1.807, 2.05) is 41.3 Å². The summed E-state index contributed by atoms with van der Waals surface area (Å²) in [4.78, 5) is 26.1. The molecule has 0 spiro atoms. The molecule has 5 nitrogen and oxygen atoms in total. The molecular formula is C21H24ClN3O2. The lowest BCUT2D eigenvalue weighted by molar-refractivity contribution is -0.136. The van der Waals surface area contributed by atoms with Crippen LogP contribution in [0.1, 0.15) is 37.3 Å². The Bertz CT molecular complexity index is 790. The SMILES string of the molecule is CC1CCCC(=O)N1Cc1ccc(NC(=O)NCc2ccc(Cl)cc2)cc1. The van der Waals surface area contributed by atoms with Crippen molar-refractivity contribution in [1.29, 1.82) is 0 Å². The van der Waals surface area contributed by atoms with Gasteiger partial charge in [-0.3, -0.25) is 4.79 Å². The molecule has 1 saturated heterocycles. The molecule has 0 bridgehead atoms. The maximum absolute atomic E-state index is 12.1. The average Bonchev–Trinajstić information content (AvgIpc) is 2.66. The number of amides is 3. The number of anilines is 1. The molecule has 6 heteroatoms. The summed E-state index contributed by atoms with van der Waals surface area (Å²) in [5, 5.41) is 6.30. The molecule has 27 heavy (non-hydrogen) atoms. The average molecular weight is 386 g/mol. The molecule has 0 aliphatic carbocycles. The lowest BCUT2D eigenvalue weighted by Gasteiger charge is -2.33. The van der Waals surface area contributed by atoms with Crippen molar-refractivity contribution in [1.82, 2.24) is 10.2 Å². The second-order valence-electron chi connectivity index (χ2n) is 6.89. The molecule has 2 N–H and O–H groups in total. The number of nitrogens with zero attached hydrogens (tertiary/aromatic N) is 1. The molecular weight excluding hydrogens is 362 g/mol. The van der Waals surface area contributed by atoms with Gasteiger partial charge in [-0.05, 0) is 55.2 Å². The van der Waals surface area contributed by atoms with E-state index >= 15 is 0 Å². The maximum Gasteiger partial charge on any atom is 0.319 e. The highest BCUT2D eigenvalue weighted by Gasteiger charge is 2.24. The summed E-state index contributed by atoms with van der Waals surface area (Å²) in [6, 6.07) is 15.0. The first kappa shape index (κ1) is 19.2. The number of carbonyl (C=O) groups is 2. The van der Waals surface area contributed by atoms with E-state index in [-0.39, 0.29) is 18.0 Å². The summed E-state index contributed by atoms with van der Waals surface area (Å²) in [7, 11) is 0. The van der Waals surface area contributed by atoms with Gasteiger partial charge in [-0.15, -0.1) is 0 Å². The van der Waals surface area contributed by atoms with Crippen LogP contribution in [0.15, 0.2) is 48.5 Å². The van der Waals surface area contributed by atoms with E-state index in [1.165, 1.54) is 0 Å². The Morgan fingerprint density at radius 1 is 1.11 bits per heavy atom. The Morgan fingerprint density at radius 2 is 1.78 bits per heavy atom. The van der Waals surface area contributed by atoms with Crippen LogP contribution in [0.3, 0.4) is 0 Å². The van der Waals surface area contributed by atoms with Crippen LogP contribution in [0.5, 0.6) is 0 Å². The highest BCUT2D eigenvalue weighted by molar-refractivity contribution is 6.30. The quantitative estimate of drug-likeness (QED) is 0.792. The molecule has 3 amide bonds. The fourth-order valence-corrected chi connectivity index (χ4v) is 3.31. The van der Waals surface area contributed by atoms with Crippen LogP contribution in [0.25, 0.3) is 0 Å². The molecule has 1 atom stereocenters. The second kappa shape index (κ2) is 8.91. The van der Waals surface area contributed by atoms with Gasteiger partial charge in [0.05, 0.1) is 0 Å². The number of piperidine rings is 1. The molecule has 1 aliphatic rings. The zero-order chi connectivity index (χ0) is 19.2. The molecule has 2 aromatic rings. The number of carbonyl (C=O) groups excluding carboxylic acids is 2. The third-order valence-electron chi connectivity index (χ3n) is 4.80. The van der Waals surface area contributed by atoms with Gasteiger partial charge in [0.2, 0.25) is 5.91 Å². The van der Waals surface area contributed by atoms with Crippen molar-refractivity contribution in [2.45, 2.75) is 45.3 Å². The summed E-state index contributed by atoms with van der Waals surface area (Å²) < 4.78 is 0. The summed E-state index contributed by atoms with van der Waals surface area (Å²) in [6.07, 6.45) is 2.67. The maximum atomic E-state index is 12.1.